The number of nitrogens with one attached hydrogen (secondary N) is 4. The fourth-order valence-corrected chi connectivity index (χ4v) is 7.96. The Balaban J connectivity index is 3.95. The van der Waals surface area contributed by atoms with E-state index in [1.54, 1.807) is 0 Å². The minimum Gasteiger partial charge on any atom is -0.481 e. The van der Waals surface area contributed by atoms with Crippen molar-refractivity contribution in [2.24, 2.45) is 11.8 Å². The SMILES string of the molecule is CC(=O)[C@@H](C)CCCCNC(=O)CC[C@H](NC(=O)CC[C@H](CC(=O)COCCOCCNC(=O)COCCOCCCC(=O)CCC(NC(=O)CCCCCCCCCCCCCCCCC(=O)O)C(=O)O)C(=O)O)C(=O)O. The number of hydrogen-bond donors (Lipinski definition) is 8. The third-order valence-corrected chi connectivity index (χ3v) is 12.9. The molecule has 0 aromatic carbocycles. The monoisotopic (exact) mass is 1110 g/mol. The fourth-order valence-electron chi connectivity index (χ4n) is 7.96. The summed E-state index contributed by atoms with van der Waals surface area (Å²) in [5.41, 5.74) is 0. The van der Waals surface area contributed by atoms with E-state index in [-0.39, 0.29) is 134 Å². The summed E-state index contributed by atoms with van der Waals surface area (Å²) < 4.78 is 21.4. The molecule has 0 aromatic heterocycles. The van der Waals surface area contributed by atoms with Gasteiger partial charge in [-0.2, -0.15) is 0 Å². The molecule has 0 saturated heterocycles. The zero-order valence-corrected chi connectivity index (χ0v) is 46.6. The second-order valence-electron chi connectivity index (χ2n) is 19.8. The summed E-state index contributed by atoms with van der Waals surface area (Å²) >= 11 is 0. The van der Waals surface area contributed by atoms with Crippen molar-refractivity contribution >= 4 is 64.9 Å². The molecule has 0 aliphatic carbocycles. The standard InChI is InChI=1S/C55H94N4O19/c1-41(42(2)60)20-17-18-30-56-48(63)29-27-47(55(73)74)59-50(65)28-24-43(53(69)70)38-45(62)39-77-36-35-76-33-31-57-51(66)40-78-37-34-75-32-19-21-44(61)25-26-46(54(71)72)58-49(64)22-15-13-11-9-7-5-3-4-6-8-10-12-14-16-23-52(67)68/h41,43,46-47H,3-40H2,1-2H3,(H,56,63)(H,57,66)(H,58,64)(H,59,65)(H,67,68)(H,69,70)(H,71,72)(H,73,74)/t41-,43+,46?,47-/m0/s1. The number of aliphatic carboxylic acids is 4. The van der Waals surface area contributed by atoms with Gasteiger partial charge in [0, 0.05) is 70.6 Å². The van der Waals surface area contributed by atoms with Crippen molar-refractivity contribution in [2.75, 3.05) is 65.9 Å². The second-order valence-corrected chi connectivity index (χ2v) is 19.8. The molecule has 0 spiro atoms. The highest BCUT2D eigenvalue weighted by atomic mass is 16.5. The number of Topliss-reactive ketones (excluding diaryl/α,β-unsaturated/α-hetero) is 3. The summed E-state index contributed by atoms with van der Waals surface area (Å²) in [5.74, 6) is -8.29. The van der Waals surface area contributed by atoms with E-state index in [9.17, 15) is 68.1 Å². The maximum absolute atomic E-state index is 12.5. The Morgan fingerprint density at radius 3 is 1.40 bits per heavy atom. The lowest BCUT2D eigenvalue weighted by Crippen LogP contribution is -2.42. The lowest BCUT2D eigenvalue weighted by molar-refractivity contribution is -0.145. The van der Waals surface area contributed by atoms with Crippen LogP contribution in [0.5, 0.6) is 0 Å². The van der Waals surface area contributed by atoms with Gasteiger partial charge >= 0.3 is 23.9 Å². The van der Waals surface area contributed by atoms with Gasteiger partial charge in [-0.1, -0.05) is 90.4 Å². The van der Waals surface area contributed by atoms with Gasteiger partial charge in [0.2, 0.25) is 23.6 Å². The van der Waals surface area contributed by atoms with Crippen LogP contribution >= 0.6 is 0 Å². The molecule has 0 aliphatic rings. The third kappa shape index (κ3) is 45.6. The minimum atomic E-state index is -1.37. The van der Waals surface area contributed by atoms with Crippen molar-refractivity contribution in [3.8, 4) is 0 Å². The zero-order chi connectivity index (χ0) is 58.2. The Labute approximate surface area is 460 Å². The Bertz CT molecular complexity index is 1760. The molecule has 0 aliphatic heterocycles. The number of unbranched alkanes of at least 4 members (excludes halogenated alkanes) is 14. The summed E-state index contributed by atoms with van der Waals surface area (Å²) in [6.45, 7) is 4.04. The molecule has 0 heterocycles. The van der Waals surface area contributed by atoms with Crippen LogP contribution in [0.25, 0.3) is 0 Å². The molecule has 0 saturated carbocycles. The molecule has 1 unspecified atom stereocenters. The molecule has 448 valence electrons. The molecular weight excluding hydrogens is 1020 g/mol. The Morgan fingerprint density at radius 1 is 0.385 bits per heavy atom. The average Bonchev–Trinajstić information content (AvgIpc) is 3.38. The Kier molecular flexibility index (Phi) is 45.3. The summed E-state index contributed by atoms with van der Waals surface area (Å²) in [6.07, 6.45) is 16.7. The maximum atomic E-state index is 12.5. The maximum Gasteiger partial charge on any atom is 0.326 e. The van der Waals surface area contributed by atoms with Gasteiger partial charge in [-0.25, -0.2) is 9.59 Å². The normalized spacial score (nSPS) is 12.6. The van der Waals surface area contributed by atoms with Crippen LogP contribution < -0.4 is 21.3 Å². The zero-order valence-electron chi connectivity index (χ0n) is 46.6. The number of carboxylic acids is 4. The number of rotatable bonds is 56. The highest BCUT2D eigenvalue weighted by Crippen LogP contribution is 2.16. The summed E-state index contributed by atoms with van der Waals surface area (Å²) in [7, 11) is 0. The first-order chi connectivity index (χ1) is 37.3. The Hall–Kier alpha value is -5.39. The van der Waals surface area contributed by atoms with Crippen LogP contribution in [0.4, 0.5) is 0 Å². The van der Waals surface area contributed by atoms with E-state index in [1.165, 1.54) is 39.0 Å². The van der Waals surface area contributed by atoms with E-state index in [2.05, 4.69) is 21.3 Å². The van der Waals surface area contributed by atoms with E-state index < -0.39 is 78.4 Å². The molecule has 4 atom stereocenters. The van der Waals surface area contributed by atoms with E-state index >= 15 is 0 Å². The first-order valence-corrected chi connectivity index (χ1v) is 28.2. The van der Waals surface area contributed by atoms with Crippen molar-refractivity contribution in [1.82, 2.24) is 21.3 Å². The van der Waals surface area contributed by atoms with Gasteiger partial charge < -0.3 is 60.6 Å². The molecule has 0 rings (SSSR count). The van der Waals surface area contributed by atoms with Gasteiger partial charge in [0.1, 0.15) is 36.9 Å². The first-order valence-electron chi connectivity index (χ1n) is 28.2. The van der Waals surface area contributed by atoms with Crippen molar-refractivity contribution in [3.63, 3.8) is 0 Å². The van der Waals surface area contributed by atoms with Crippen molar-refractivity contribution in [1.29, 1.82) is 0 Å². The third-order valence-electron chi connectivity index (χ3n) is 12.9. The topological polar surface area (TPSA) is 354 Å². The first kappa shape index (κ1) is 72.6. The lowest BCUT2D eigenvalue weighted by atomic mass is 9.97. The van der Waals surface area contributed by atoms with Crippen LogP contribution in [0.3, 0.4) is 0 Å². The summed E-state index contributed by atoms with van der Waals surface area (Å²) in [6, 6.07) is -2.51. The molecule has 23 nitrogen and oxygen atoms in total. The minimum absolute atomic E-state index is 0.000744. The number of hydrogen-bond acceptors (Lipinski definition) is 15. The molecule has 0 aromatic rings. The fraction of sp³-hybridized carbons (Fsp3) is 0.800. The van der Waals surface area contributed by atoms with Gasteiger partial charge in [0.05, 0.1) is 39.0 Å². The van der Waals surface area contributed by atoms with Gasteiger partial charge in [0.15, 0.2) is 5.78 Å². The van der Waals surface area contributed by atoms with Gasteiger partial charge in [-0.05, 0) is 58.3 Å². The van der Waals surface area contributed by atoms with Crippen molar-refractivity contribution in [3.05, 3.63) is 0 Å². The number of carbonyl (C=O) groups excluding carboxylic acids is 7. The van der Waals surface area contributed by atoms with E-state index in [0.29, 0.717) is 32.2 Å². The summed E-state index contributed by atoms with van der Waals surface area (Å²) in [4.78, 5) is 131. The molecule has 0 fully saturated rings. The number of amides is 4. The number of carboxylic acid groups (broad SMARTS) is 4. The van der Waals surface area contributed by atoms with Crippen molar-refractivity contribution < 1.29 is 92.1 Å². The number of ketones is 3. The molecule has 0 radical (unpaired) electrons. The van der Waals surface area contributed by atoms with E-state index in [0.717, 1.165) is 57.8 Å². The van der Waals surface area contributed by atoms with E-state index in [1.807, 2.05) is 6.92 Å². The Morgan fingerprint density at radius 2 is 0.859 bits per heavy atom. The van der Waals surface area contributed by atoms with Crippen LogP contribution in [0.2, 0.25) is 0 Å². The molecule has 23 heteroatoms. The van der Waals surface area contributed by atoms with Gasteiger partial charge in [-0.15, -0.1) is 0 Å². The molecule has 0 bridgehead atoms. The largest absolute Gasteiger partial charge is 0.481 e. The highest BCUT2D eigenvalue weighted by Gasteiger charge is 2.26. The highest BCUT2D eigenvalue weighted by molar-refractivity contribution is 5.87. The predicted molar refractivity (Wildman–Crippen MR) is 286 cm³/mol. The molecular formula is C55H94N4O19. The van der Waals surface area contributed by atoms with Crippen molar-refractivity contribution in [2.45, 2.75) is 206 Å². The average molecular weight is 1120 g/mol. The second kappa shape index (κ2) is 48.7. The summed E-state index contributed by atoms with van der Waals surface area (Å²) in [5, 5.41) is 47.5. The van der Waals surface area contributed by atoms with E-state index in [4.69, 9.17) is 24.1 Å². The van der Waals surface area contributed by atoms with Gasteiger partial charge in [-0.3, -0.25) is 43.2 Å². The smallest absolute Gasteiger partial charge is 0.326 e. The van der Waals surface area contributed by atoms with Crippen LogP contribution in [0, 0.1) is 11.8 Å². The number of carbonyl (C=O) groups is 11. The number of ether oxygens (including phenoxy) is 4. The quantitative estimate of drug-likeness (QED) is 0.0349. The predicted octanol–water partition coefficient (Wildman–Crippen LogP) is 5.50. The van der Waals surface area contributed by atoms with Crippen LogP contribution in [-0.2, 0) is 71.7 Å². The molecule has 4 amide bonds. The molecule has 78 heavy (non-hydrogen) atoms. The lowest BCUT2D eigenvalue weighted by Gasteiger charge is -2.16. The van der Waals surface area contributed by atoms with Crippen LogP contribution in [0.1, 0.15) is 194 Å². The van der Waals surface area contributed by atoms with Gasteiger partial charge in [0.25, 0.3) is 0 Å². The van der Waals surface area contributed by atoms with Crippen LogP contribution in [-0.4, -0.2) is 163 Å². The molecule has 8 N–H and O–H groups in total. The van der Waals surface area contributed by atoms with Crippen LogP contribution in [0.15, 0.2) is 0 Å².